The smallest absolute Gasteiger partial charge is 0.147 e. The molecule has 0 spiro atoms. The number of ether oxygens (including phenoxy) is 1. The molecule has 93 valence electrons. The molecule has 0 aliphatic carbocycles. The maximum atomic E-state index is 13.1. The minimum atomic E-state index is -1.80. The summed E-state index contributed by atoms with van der Waals surface area (Å²) in [4.78, 5) is 0. The maximum Gasteiger partial charge on any atom is 0.147 e. The van der Waals surface area contributed by atoms with Gasteiger partial charge in [-0.1, -0.05) is 12.1 Å². The van der Waals surface area contributed by atoms with Crippen LogP contribution in [0.3, 0.4) is 0 Å². The monoisotopic (exact) mass is 241 g/mol. The Morgan fingerprint density at radius 1 is 1.47 bits per heavy atom. The van der Waals surface area contributed by atoms with E-state index in [4.69, 9.17) is 4.74 Å². The number of halogens is 1. The summed E-state index contributed by atoms with van der Waals surface area (Å²) in [7, 11) is 0. The minimum absolute atomic E-state index is 0.188. The highest BCUT2D eigenvalue weighted by molar-refractivity contribution is 5.29. The Morgan fingerprint density at radius 2 is 2.18 bits per heavy atom. The Balaban J connectivity index is 2.32. The van der Waals surface area contributed by atoms with Crippen LogP contribution in [0.5, 0.6) is 0 Å². The third-order valence-corrected chi connectivity index (χ3v) is 2.93. The summed E-state index contributed by atoms with van der Waals surface area (Å²) in [5.74, 6) is -0.517. The number of benzene rings is 1. The van der Waals surface area contributed by atoms with Crippen LogP contribution in [-0.2, 0) is 10.3 Å². The van der Waals surface area contributed by atoms with E-state index in [2.05, 4.69) is 0 Å². The second kappa shape index (κ2) is 4.34. The van der Waals surface area contributed by atoms with Gasteiger partial charge in [0.15, 0.2) is 0 Å². The fraction of sp³-hybridized carbons (Fsp3) is 0.417. The molecule has 1 aliphatic heterocycles. The summed E-state index contributed by atoms with van der Waals surface area (Å²) >= 11 is 0. The van der Waals surface area contributed by atoms with Crippen LogP contribution in [0.2, 0.25) is 0 Å². The summed E-state index contributed by atoms with van der Waals surface area (Å²) in [6.45, 7) is 2.48. The number of aliphatic hydroxyl groups excluding tert-OH is 2. The molecule has 0 bridgehead atoms. The van der Waals surface area contributed by atoms with Crippen LogP contribution >= 0.6 is 0 Å². The van der Waals surface area contributed by atoms with Gasteiger partial charge in [-0.25, -0.2) is 4.39 Å². The van der Waals surface area contributed by atoms with E-state index in [1.807, 2.05) is 0 Å². The zero-order valence-corrected chi connectivity index (χ0v) is 9.25. The van der Waals surface area contributed by atoms with Crippen molar-refractivity contribution in [3.8, 4) is 0 Å². The first kappa shape index (κ1) is 12.4. The van der Waals surface area contributed by atoms with Crippen LogP contribution < -0.4 is 0 Å². The fourth-order valence-electron chi connectivity index (χ4n) is 1.93. The summed E-state index contributed by atoms with van der Waals surface area (Å²) < 4.78 is 18.1. The fourth-order valence-corrected chi connectivity index (χ4v) is 1.93. The van der Waals surface area contributed by atoms with Gasteiger partial charge in [-0.3, -0.25) is 0 Å². The molecule has 4 nitrogen and oxygen atoms in total. The summed E-state index contributed by atoms with van der Waals surface area (Å²) in [6.07, 6.45) is -3.21. The third kappa shape index (κ3) is 2.07. The van der Waals surface area contributed by atoms with Crippen LogP contribution in [0.1, 0.15) is 12.5 Å². The molecule has 1 radical (unpaired) electrons. The lowest BCUT2D eigenvalue weighted by molar-refractivity contribution is -0.0710. The lowest BCUT2D eigenvalue weighted by atomic mass is 9.87. The van der Waals surface area contributed by atoms with E-state index in [9.17, 15) is 19.7 Å². The highest BCUT2D eigenvalue weighted by Gasteiger charge is 2.51. The molecule has 1 aromatic rings. The zero-order chi connectivity index (χ0) is 12.6. The van der Waals surface area contributed by atoms with Gasteiger partial charge in [-0.15, -0.1) is 0 Å². The third-order valence-electron chi connectivity index (χ3n) is 2.93. The van der Waals surface area contributed by atoms with Gasteiger partial charge in [0.25, 0.3) is 0 Å². The molecule has 0 aromatic heterocycles. The van der Waals surface area contributed by atoms with Gasteiger partial charge >= 0.3 is 0 Å². The van der Waals surface area contributed by atoms with Gasteiger partial charge < -0.3 is 20.1 Å². The average molecular weight is 241 g/mol. The van der Waals surface area contributed by atoms with Crippen molar-refractivity contribution in [2.75, 3.05) is 0 Å². The molecule has 1 saturated heterocycles. The second-order valence-electron chi connectivity index (χ2n) is 4.24. The van der Waals surface area contributed by atoms with E-state index in [0.29, 0.717) is 0 Å². The van der Waals surface area contributed by atoms with Gasteiger partial charge in [0.2, 0.25) is 0 Å². The second-order valence-corrected chi connectivity index (χ2v) is 4.24. The molecule has 5 heteroatoms. The molecule has 1 fully saturated rings. The first-order valence-electron chi connectivity index (χ1n) is 5.29. The summed E-state index contributed by atoms with van der Waals surface area (Å²) in [5.41, 5.74) is -1.61. The predicted octanol–water partition coefficient (Wildman–Crippen LogP) is 0.316. The molecule has 0 saturated carbocycles. The van der Waals surface area contributed by atoms with Crippen LogP contribution in [0.4, 0.5) is 4.39 Å². The van der Waals surface area contributed by atoms with Crippen molar-refractivity contribution >= 4 is 0 Å². The molecule has 1 aromatic carbocycles. The van der Waals surface area contributed by atoms with Crippen molar-refractivity contribution in [2.24, 2.45) is 0 Å². The number of rotatable bonds is 2. The van der Waals surface area contributed by atoms with Crippen molar-refractivity contribution in [1.29, 1.82) is 0 Å². The Labute approximate surface area is 98.3 Å². The molecule has 3 N–H and O–H groups in total. The van der Waals surface area contributed by atoms with Crippen molar-refractivity contribution in [1.82, 2.24) is 0 Å². The highest BCUT2D eigenvalue weighted by Crippen LogP contribution is 2.38. The Bertz CT molecular complexity index is 409. The minimum Gasteiger partial charge on any atom is -0.391 e. The van der Waals surface area contributed by atoms with E-state index in [1.165, 1.54) is 25.1 Å². The van der Waals surface area contributed by atoms with E-state index in [0.717, 1.165) is 12.7 Å². The molecule has 2 rings (SSSR count). The molecule has 17 heavy (non-hydrogen) atoms. The van der Waals surface area contributed by atoms with Gasteiger partial charge in [0, 0.05) is 0 Å². The van der Waals surface area contributed by atoms with E-state index >= 15 is 0 Å². The first-order chi connectivity index (χ1) is 7.95. The molecule has 1 unspecified atom stereocenters. The topological polar surface area (TPSA) is 69.9 Å². The van der Waals surface area contributed by atoms with Gasteiger partial charge in [0.1, 0.15) is 30.2 Å². The van der Waals surface area contributed by atoms with E-state index < -0.39 is 29.7 Å². The largest absolute Gasteiger partial charge is 0.391 e. The number of hydrogen-bond acceptors (Lipinski definition) is 4. The SMILES string of the molecule is CC(O)[C@H]1O[CH][C@@](O)(c2cccc(F)c2)[C@@H]1O. The van der Waals surface area contributed by atoms with Gasteiger partial charge in [-0.2, -0.15) is 0 Å². The van der Waals surface area contributed by atoms with Crippen LogP contribution in [0.25, 0.3) is 0 Å². The summed E-state index contributed by atoms with van der Waals surface area (Å²) in [5, 5.41) is 29.6. The average Bonchev–Trinajstić information content (AvgIpc) is 2.57. The van der Waals surface area contributed by atoms with Crippen LogP contribution in [0, 0.1) is 12.4 Å². The predicted molar refractivity (Wildman–Crippen MR) is 57.2 cm³/mol. The van der Waals surface area contributed by atoms with Crippen molar-refractivity contribution in [2.45, 2.75) is 30.8 Å². The quantitative estimate of drug-likeness (QED) is 0.697. The van der Waals surface area contributed by atoms with Crippen molar-refractivity contribution in [3.05, 3.63) is 42.3 Å². The lowest BCUT2D eigenvalue weighted by Crippen LogP contribution is -2.43. The first-order valence-corrected chi connectivity index (χ1v) is 5.29. The highest BCUT2D eigenvalue weighted by atomic mass is 19.1. The van der Waals surface area contributed by atoms with Crippen LogP contribution in [-0.4, -0.2) is 33.6 Å². The van der Waals surface area contributed by atoms with E-state index in [-0.39, 0.29) is 5.56 Å². The Hall–Kier alpha value is -1.01. The standard InChI is InChI=1S/C12H14FO4/c1-7(14)10-11(15)12(16,6-17-10)8-3-2-4-9(13)5-8/h2-7,10-11,14-16H,1H3/t7?,10-,11-,12-/m1/s1. The lowest BCUT2D eigenvalue weighted by Gasteiger charge is -2.27. The normalized spacial score (nSPS) is 34.9. The molecule has 1 aliphatic rings. The van der Waals surface area contributed by atoms with E-state index in [1.54, 1.807) is 0 Å². The van der Waals surface area contributed by atoms with Crippen LogP contribution in [0.15, 0.2) is 24.3 Å². The molecule has 0 amide bonds. The molecule has 1 heterocycles. The van der Waals surface area contributed by atoms with Crippen molar-refractivity contribution in [3.63, 3.8) is 0 Å². The molecule has 4 atom stereocenters. The molecular weight excluding hydrogens is 227 g/mol. The Morgan fingerprint density at radius 3 is 2.71 bits per heavy atom. The molecular formula is C12H14FO4. The van der Waals surface area contributed by atoms with Gasteiger partial charge in [0.05, 0.1) is 6.10 Å². The van der Waals surface area contributed by atoms with Gasteiger partial charge in [-0.05, 0) is 24.6 Å². The maximum absolute atomic E-state index is 13.1. The summed E-state index contributed by atoms with van der Waals surface area (Å²) in [6, 6.07) is 5.27. The number of hydrogen-bond donors (Lipinski definition) is 3. The number of aliphatic hydroxyl groups is 3. The zero-order valence-electron chi connectivity index (χ0n) is 9.25. The van der Waals surface area contributed by atoms with Crippen molar-refractivity contribution < 1.29 is 24.4 Å². The Kier molecular flexibility index (Phi) is 3.18.